The van der Waals surface area contributed by atoms with E-state index in [9.17, 15) is 9.59 Å². The molecule has 0 spiro atoms. The molecule has 124 valence electrons. The van der Waals surface area contributed by atoms with E-state index in [1.807, 2.05) is 16.7 Å². The predicted molar refractivity (Wildman–Crippen MR) is 89.0 cm³/mol. The zero-order chi connectivity index (χ0) is 14.3. The van der Waals surface area contributed by atoms with E-state index < -0.39 is 0 Å². The lowest BCUT2D eigenvalue weighted by Crippen LogP contribution is -2.51. The van der Waals surface area contributed by atoms with Crippen molar-refractivity contribution in [2.45, 2.75) is 19.4 Å². The molecule has 0 bridgehead atoms. The van der Waals surface area contributed by atoms with Crippen LogP contribution < -0.4 is 11.1 Å². The first-order valence-electron chi connectivity index (χ1n) is 6.66. The highest BCUT2D eigenvalue weighted by Gasteiger charge is 2.22. The summed E-state index contributed by atoms with van der Waals surface area (Å²) in [6.45, 7) is 9.04. The van der Waals surface area contributed by atoms with E-state index in [-0.39, 0.29) is 42.7 Å². The summed E-state index contributed by atoms with van der Waals surface area (Å²) in [5, 5.41) is 2.74. The summed E-state index contributed by atoms with van der Waals surface area (Å²) in [5.41, 5.74) is 5.62. The second-order valence-corrected chi connectivity index (χ2v) is 4.93. The van der Waals surface area contributed by atoms with Crippen molar-refractivity contribution in [1.82, 2.24) is 15.1 Å². The molecule has 3 N–H and O–H groups in total. The Morgan fingerprint density at radius 2 is 1.86 bits per heavy atom. The highest BCUT2D eigenvalue weighted by molar-refractivity contribution is 5.85. The van der Waals surface area contributed by atoms with E-state index in [0.29, 0.717) is 32.6 Å². The van der Waals surface area contributed by atoms with Crippen molar-refractivity contribution in [1.29, 1.82) is 0 Å². The maximum atomic E-state index is 11.8. The van der Waals surface area contributed by atoms with E-state index in [4.69, 9.17) is 5.73 Å². The highest BCUT2D eigenvalue weighted by Crippen LogP contribution is 2.04. The second-order valence-electron chi connectivity index (χ2n) is 4.93. The number of nitrogens with zero attached hydrogens (tertiary/aromatic N) is 2. The molecule has 1 atom stereocenters. The molecule has 1 saturated heterocycles. The monoisotopic (exact) mass is 340 g/mol. The van der Waals surface area contributed by atoms with E-state index in [1.165, 1.54) is 0 Å². The summed E-state index contributed by atoms with van der Waals surface area (Å²) in [6.07, 6.45) is 2.04. The van der Waals surface area contributed by atoms with Gasteiger partial charge in [0.25, 0.3) is 0 Å². The molecule has 0 aromatic heterocycles. The van der Waals surface area contributed by atoms with Crippen molar-refractivity contribution in [2.75, 3.05) is 39.3 Å². The normalized spacial score (nSPS) is 16.2. The fourth-order valence-electron chi connectivity index (χ4n) is 2.00. The standard InChI is InChI=1S/C13H24N4O2.2ClH/c1-3-4-15-12(18)10-16-5-7-17(8-6-16)13(19)9-11(2)14;;/h3,11H,1,4-10,14H2,2H3,(H,15,18);2*1H. The number of hydrogen-bond acceptors (Lipinski definition) is 4. The molecule has 6 nitrogen and oxygen atoms in total. The average Bonchev–Trinajstić information content (AvgIpc) is 2.36. The molecule has 0 aromatic rings. The largest absolute Gasteiger partial charge is 0.352 e. The van der Waals surface area contributed by atoms with Gasteiger partial charge in [-0.2, -0.15) is 0 Å². The molecule has 1 aliphatic heterocycles. The number of hydrogen-bond donors (Lipinski definition) is 2. The van der Waals surface area contributed by atoms with Crippen molar-refractivity contribution in [3.8, 4) is 0 Å². The third-order valence-corrected chi connectivity index (χ3v) is 3.03. The average molecular weight is 341 g/mol. The van der Waals surface area contributed by atoms with Gasteiger partial charge in [-0.05, 0) is 6.92 Å². The Kier molecular flexibility index (Phi) is 12.6. The third-order valence-electron chi connectivity index (χ3n) is 3.03. The van der Waals surface area contributed by atoms with Gasteiger partial charge in [0, 0.05) is 45.2 Å². The van der Waals surface area contributed by atoms with Gasteiger partial charge in [-0.1, -0.05) is 6.08 Å². The maximum Gasteiger partial charge on any atom is 0.234 e. The van der Waals surface area contributed by atoms with Crippen LogP contribution in [0.2, 0.25) is 0 Å². The van der Waals surface area contributed by atoms with Gasteiger partial charge in [-0.3, -0.25) is 14.5 Å². The van der Waals surface area contributed by atoms with Gasteiger partial charge in [0.2, 0.25) is 11.8 Å². The van der Waals surface area contributed by atoms with E-state index in [2.05, 4.69) is 11.9 Å². The Morgan fingerprint density at radius 1 is 1.29 bits per heavy atom. The van der Waals surface area contributed by atoms with Gasteiger partial charge in [0.15, 0.2) is 0 Å². The van der Waals surface area contributed by atoms with Crippen molar-refractivity contribution < 1.29 is 9.59 Å². The molecular formula is C13H26Cl2N4O2. The number of piperazine rings is 1. The Labute approximate surface area is 138 Å². The number of nitrogens with one attached hydrogen (secondary N) is 1. The number of rotatable bonds is 6. The van der Waals surface area contributed by atoms with E-state index in [1.54, 1.807) is 6.08 Å². The number of halogens is 2. The minimum atomic E-state index is -0.102. The fraction of sp³-hybridized carbons (Fsp3) is 0.692. The summed E-state index contributed by atoms with van der Waals surface area (Å²) < 4.78 is 0. The summed E-state index contributed by atoms with van der Waals surface area (Å²) >= 11 is 0. The van der Waals surface area contributed by atoms with Gasteiger partial charge in [-0.25, -0.2) is 0 Å². The van der Waals surface area contributed by atoms with Gasteiger partial charge in [-0.15, -0.1) is 31.4 Å². The van der Waals surface area contributed by atoms with Crippen molar-refractivity contribution >= 4 is 36.6 Å². The smallest absolute Gasteiger partial charge is 0.234 e. The van der Waals surface area contributed by atoms with Crippen LogP contribution in [0.3, 0.4) is 0 Å². The second kappa shape index (κ2) is 11.8. The summed E-state index contributed by atoms with van der Waals surface area (Å²) in [5.74, 6) is 0.0982. The van der Waals surface area contributed by atoms with Crippen LogP contribution in [0.4, 0.5) is 0 Å². The molecule has 1 unspecified atom stereocenters. The Bertz CT molecular complexity index is 332. The first kappa shape index (κ1) is 22.5. The SMILES string of the molecule is C=CCNC(=O)CN1CCN(C(=O)CC(C)N)CC1.Cl.Cl. The van der Waals surface area contributed by atoms with Crippen LogP contribution in [0, 0.1) is 0 Å². The first-order chi connectivity index (χ1) is 9.02. The van der Waals surface area contributed by atoms with Crippen LogP contribution in [0.15, 0.2) is 12.7 Å². The van der Waals surface area contributed by atoms with Gasteiger partial charge in [0.1, 0.15) is 0 Å². The van der Waals surface area contributed by atoms with Crippen LogP contribution in [0.25, 0.3) is 0 Å². The fourth-order valence-corrected chi connectivity index (χ4v) is 2.00. The lowest BCUT2D eigenvalue weighted by Gasteiger charge is -2.34. The molecule has 1 aliphatic rings. The molecule has 1 fully saturated rings. The van der Waals surface area contributed by atoms with E-state index in [0.717, 1.165) is 13.1 Å². The summed E-state index contributed by atoms with van der Waals surface area (Å²) in [6, 6.07) is -0.102. The molecule has 21 heavy (non-hydrogen) atoms. The maximum absolute atomic E-state index is 11.8. The predicted octanol–water partition coefficient (Wildman–Crippen LogP) is 0.0137. The summed E-state index contributed by atoms with van der Waals surface area (Å²) in [4.78, 5) is 27.2. The lowest BCUT2D eigenvalue weighted by atomic mass is 10.2. The quantitative estimate of drug-likeness (QED) is 0.668. The van der Waals surface area contributed by atoms with Crippen molar-refractivity contribution in [3.05, 3.63) is 12.7 Å². The van der Waals surface area contributed by atoms with Crippen molar-refractivity contribution in [2.24, 2.45) is 5.73 Å². The minimum Gasteiger partial charge on any atom is -0.352 e. The topological polar surface area (TPSA) is 78.7 Å². The zero-order valence-corrected chi connectivity index (χ0v) is 14.0. The molecule has 0 radical (unpaired) electrons. The first-order valence-corrected chi connectivity index (χ1v) is 6.66. The number of nitrogens with two attached hydrogens (primary N) is 1. The van der Waals surface area contributed by atoms with Crippen molar-refractivity contribution in [3.63, 3.8) is 0 Å². The Balaban J connectivity index is 0. The van der Waals surface area contributed by atoms with Gasteiger partial charge >= 0.3 is 0 Å². The Morgan fingerprint density at radius 3 is 2.33 bits per heavy atom. The molecule has 1 rings (SSSR count). The number of carbonyl (C=O) groups excluding carboxylic acids is 2. The van der Waals surface area contributed by atoms with Gasteiger partial charge < -0.3 is 16.0 Å². The van der Waals surface area contributed by atoms with E-state index >= 15 is 0 Å². The van der Waals surface area contributed by atoms with Gasteiger partial charge in [0.05, 0.1) is 6.54 Å². The van der Waals surface area contributed by atoms with Crippen LogP contribution in [-0.2, 0) is 9.59 Å². The lowest BCUT2D eigenvalue weighted by molar-refractivity contribution is -0.133. The third kappa shape index (κ3) is 8.93. The molecule has 0 aromatic carbocycles. The molecule has 0 aliphatic carbocycles. The molecule has 8 heteroatoms. The van der Waals surface area contributed by atoms with Crippen LogP contribution in [0.5, 0.6) is 0 Å². The van der Waals surface area contributed by atoms with Crippen LogP contribution >= 0.6 is 24.8 Å². The molecule has 1 heterocycles. The minimum absolute atomic E-state index is 0. The molecule has 2 amide bonds. The van der Waals surface area contributed by atoms with Crippen LogP contribution in [0.1, 0.15) is 13.3 Å². The molecule has 0 saturated carbocycles. The number of carbonyl (C=O) groups is 2. The zero-order valence-electron chi connectivity index (χ0n) is 12.4. The molecular weight excluding hydrogens is 315 g/mol. The highest BCUT2D eigenvalue weighted by atomic mass is 35.5. The van der Waals surface area contributed by atoms with Crippen LogP contribution in [-0.4, -0.2) is 66.9 Å². The number of amides is 2. The summed E-state index contributed by atoms with van der Waals surface area (Å²) in [7, 11) is 0. The Hall–Kier alpha value is -0.820.